The summed E-state index contributed by atoms with van der Waals surface area (Å²) >= 11 is 0. The van der Waals surface area contributed by atoms with Gasteiger partial charge in [0.1, 0.15) is 6.04 Å². The van der Waals surface area contributed by atoms with E-state index in [0.717, 1.165) is 0 Å². The number of hydrogen-bond donors (Lipinski definition) is 5. The number of nitrogens with one attached hydrogen (secondary N) is 1. The second kappa shape index (κ2) is 9.67. The number of nitrogens with zero attached hydrogens (tertiary/aromatic N) is 1. The number of rotatable bonds is 7. The molecule has 9 heteroatoms. The fourth-order valence-corrected chi connectivity index (χ4v) is 1.01. The summed E-state index contributed by atoms with van der Waals surface area (Å²) in [7, 11) is 0. The van der Waals surface area contributed by atoms with Gasteiger partial charge in [0, 0.05) is 6.54 Å². The molecule has 0 fully saturated rings. The lowest BCUT2D eigenvalue weighted by Gasteiger charge is -2.12. The number of hydrogen-bond acceptors (Lipinski definition) is 4. The number of carboxylic acid groups (broad SMARTS) is 1. The highest BCUT2D eigenvalue weighted by Gasteiger charge is 2.18. The first kappa shape index (κ1) is 17.8. The van der Waals surface area contributed by atoms with E-state index in [1.54, 1.807) is 0 Å². The summed E-state index contributed by atoms with van der Waals surface area (Å²) in [6.07, 6.45) is 0.706. The minimum Gasteiger partial charge on any atom is -0.480 e. The molecule has 0 saturated carbocycles. The molecule has 1 amide bonds. The molecule has 0 spiro atoms. The van der Waals surface area contributed by atoms with Crippen LogP contribution in [0.15, 0.2) is 4.99 Å². The molecule has 0 aliphatic rings. The van der Waals surface area contributed by atoms with Crippen molar-refractivity contribution in [2.45, 2.75) is 18.9 Å². The van der Waals surface area contributed by atoms with Crippen molar-refractivity contribution in [2.24, 2.45) is 22.2 Å². The number of nitrogens with two attached hydrogens (primary N) is 3. The first-order valence-electron chi connectivity index (χ1n) is 4.75. The van der Waals surface area contributed by atoms with Crippen LogP contribution >= 0.6 is 12.4 Å². The number of amides is 1. The molecule has 0 aliphatic carbocycles. The van der Waals surface area contributed by atoms with Crippen LogP contribution in [0, 0.1) is 0 Å². The van der Waals surface area contributed by atoms with Gasteiger partial charge in [-0.15, -0.1) is 12.4 Å². The van der Waals surface area contributed by atoms with Gasteiger partial charge >= 0.3 is 5.97 Å². The lowest BCUT2D eigenvalue weighted by molar-refractivity contribution is -0.141. The molecule has 17 heavy (non-hydrogen) atoms. The summed E-state index contributed by atoms with van der Waals surface area (Å²) < 4.78 is 0. The Morgan fingerprint density at radius 3 is 2.35 bits per heavy atom. The number of carbonyl (C=O) groups is 2. The zero-order valence-corrected chi connectivity index (χ0v) is 10.1. The summed E-state index contributed by atoms with van der Waals surface area (Å²) in [6, 6.07) is -0.953. The number of carbonyl (C=O) groups excluding carboxylic acids is 1. The predicted octanol–water partition coefficient (Wildman–Crippen LogP) is -2.01. The molecular formula is C8H18ClN5O3. The zero-order valence-electron chi connectivity index (χ0n) is 9.26. The fourth-order valence-electron chi connectivity index (χ4n) is 1.01. The van der Waals surface area contributed by atoms with Gasteiger partial charge in [0.2, 0.25) is 5.91 Å². The van der Waals surface area contributed by atoms with Crippen LogP contribution in [-0.2, 0) is 9.59 Å². The maximum atomic E-state index is 10.9. The number of aliphatic imine (C=N–C) groups is 1. The second-order valence-electron chi connectivity index (χ2n) is 3.11. The lowest BCUT2D eigenvalue weighted by atomic mass is 10.1. The highest BCUT2D eigenvalue weighted by atomic mass is 35.5. The van der Waals surface area contributed by atoms with Gasteiger partial charge in [0.05, 0.1) is 6.54 Å². The SMILES string of the molecule is Cl.NCC(=O)N[C@@H](CCCN=C(N)N)C(=O)O. The Hall–Kier alpha value is -1.54. The topological polar surface area (TPSA) is 157 Å². The van der Waals surface area contributed by atoms with E-state index in [9.17, 15) is 9.59 Å². The zero-order chi connectivity index (χ0) is 12.6. The van der Waals surface area contributed by atoms with Crippen molar-refractivity contribution in [1.29, 1.82) is 0 Å². The van der Waals surface area contributed by atoms with Crippen molar-refractivity contribution in [1.82, 2.24) is 5.32 Å². The number of carboxylic acids is 1. The van der Waals surface area contributed by atoms with Crippen LogP contribution in [0.5, 0.6) is 0 Å². The van der Waals surface area contributed by atoms with Crippen molar-refractivity contribution in [3.63, 3.8) is 0 Å². The first-order chi connectivity index (χ1) is 7.47. The third-order valence-corrected chi connectivity index (χ3v) is 1.76. The number of aliphatic carboxylic acids is 1. The monoisotopic (exact) mass is 267 g/mol. The molecular weight excluding hydrogens is 250 g/mol. The van der Waals surface area contributed by atoms with Crippen molar-refractivity contribution in [3.8, 4) is 0 Å². The van der Waals surface area contributed by atoms with Gasteiger partial charge in [-0.1, -0.05) is 0 Å². The summed E-state index contributed by atoms with van der Waals surface area (Å²) in [5.74, 6) is -1.65. The predicted molar refractivity (Wildman–Crippen MR) is 65.8 cm³/mol. The third-order valence-electron chi connectivity index (χ3n) is 1.76. The van der Waals surface area contributed by atoms with E-state index in [4.69, 9.17) is 22.3 Å². The molecule has 0 aromatic carbocycles. The van der Waals surface area contributed by atoms with Gasteiger partial charge in [0.25, 0.3) is 0 Å². The smallest absolute Gasteiger partial charge is 0.326 e. The minimum absolute atomic E-state index is 0. The summed E-state index contributed by atoms with van der Waals surface area (Å²) in [5, 5.41) is 11.1. The van der Waals surface area contributed by atoms with E-state index in [-0.39, 0.29) is 31.3 Å². The Morgan fingerprint density at radius 1 is 1.35 bits per heavy atom. The van der Waals surface area contributed by atoms with E-state index < -0.39 is 17.9 Å². The molecule has 100 valence electrons. The van der Waals surface area contributed by atoms with Gasteiger partial charge < -0.3 is 27.6 Å². The van der Waals surface area contributed by atoms with E-state index in [1.165, 1.54) is 0 Å². The van der Waals surface area contributed by atoms with E-state index in [2.05, 4.69) is 10.3 Å². The quantitative estimate of drug-likeness (QED) is 0.204. The Balaban J connectivity index is 0. The molecule has 8 nitrogen and oxygen atoms in total. The maximum Gasteiger partial charge on any atom is 0.326 e. The molecule has 0 saturated heterocycles. The molecule has 0 bridgehead atoms. The second-order valence-corrected chi connectivity index (χ2v) is 3.11. The molecule has 0 radical (unpaired) electrons. The Labute approximate surface area is 105 Å². The minimum atomic E-state index is -1.11. The number of guanidine groups is 1. The highest BCUT2D eigenvalue weighted by molar-refractivity contribution is 5.85. The normalized spacial score (nSPS) is 10.9. The van der Waals surface area contributed by atoms with Crippen LogP contribution in [-0.4, -0.2) is 42.1 Å². The first-order valence-corrected chi connectivity index (χ1v) is 4.75. The summed E-state index contributed by atoms with van der Waals surface area (Å²) in [4.78, 5) is 25.3. The van der Waals surface area contributed by atoms with Crippen LogP contribution in [0.2, 0.25) is 0 Å². The highest BCUT2D eigenvalue weighted by Crippen LogP contribution is 1.98. The molecule has 0 aliphatic heterocycles. The Morgan fingerprint density at radius 2 is 1.94 bits per heavy atom. The summed E-state index contributed by atoms with van der Waals surface area (Å²) in [6.45, 7) is 0.0856. The van der Waals surface area contributed by atoms with Crippen LogP contribution in [0.4, 0.5) is 0 Å². The van der Waals surface area contributed by atoms with Crippen molar-refractivity contribution >= 4 is 30.2 Å². The van der Waals surface area contributed by atoms with Crippen molar-refractivity contribution < 1.29 is 14.7 Å². The van der Waals surface area contributed by atoms with Gasteiger partial charge in [-0.25, -0.2) is 4.79 Å². The van der Waals surface area contributed by atoms with Gasteiger partial charge in [-0.2, -0.15) is 0 Å². The standard InChI is InChI=1S/C8H17N5O3.ClH/c9-4-6(14)13-5(7(15)16)2-1-3-12-8(10)11;/h5H,1-4,9H2,(H,13,14)(H,15,16)(H4,10,11,12);1H/t5-;/m0./s1. The molecule has 8 N–H and O–H groups in total. The molecule has 0 heterocycles. The van der Waals surface area contributed by atoms with E-state index in [0.29, 0.717) is 13.0 Å². The Kier molecular flexibility index (Phi) is 10.1. The molecule has 0 unspecified atom stereocenters. The molecule has 1 atom stereocenters. The van der Waals surface area contributed by atoms with Gasteiger partial charge in [0.15, 0.2) is 5.96 Å². The summed E-state index contributed by atoms with van der Waals surface area (Å²) in [5.41, 5.74) is 15.2. The molecule has 0 aromatic rings. The van der Waals surface area contributed by atoms with Crippen molar-refractivity contribution in [3.05, 3.63) is 0 Å². The van der Waals surface area contributed by atoms with Gasteiger partial charge in [-0.05, 0) is 12.8 Å². The van der Waals surface area contributed by atoms with E-state index >= 15 is 0 Å². The average Bonchev–Trinajstić information content (AvgIpc) is 2.21. The van der Waals surface area contributed by atoms with Crippen LogP contribution in [0.3, 0.4) is 0 Å². The Bertz CT molecular complexity index is 280. The third kappa shape index (κ3) is 9.39. The van der Waals surface area contributed by atoms with E-state index in [1.807, 2.05) is 0 Å². The number of halogens is 1. The van der Waals surface area contributed by atoms with Crippen LogP contribution < -0.4 is 22.5 Å². The lowest BCUT2D eigenvalue weighted by Crippen LogP contribution is -2.43. The average molecular weight is 268 g/mol. The van der Waals surface area contributed by atoms with Gasteiger partial charge in [-0.3, -0.25) is 9.79 Å². The van der Waals surface area contributed by atoms with Crippen LogP contribution in [0.1, 0.15) is 12.8 Å². The molecule has 0 rings (SSSR count). The molecule has 0 aromatic heterocycles. The largest absolute Gasteiger partial charge is 0.480 e. The van der Waals surface area contributed by atoms with Crippen molar-refractivity contribution in [2.75, 3.05) is 13.1 Å². The fraction of sp³-hybridized carbons (Fsp3) is 0.625. The maximum absolute atomic E-state index is 10.9. The van der Waals surface area contributed by atoms with Crippen LogP contribution in [0.25, 0.3) is 0 Å².